The molecular formula is C17H30O5. The lowest BCUT2D eigenvalue weighted by Crippen LogP contribution is -2.18. The number of carbonyl (C=O) groups excluding carboxylic acids is 1. The molecule has 0 aliphatic heterocycles. The minimum atomic E-state index is -0.808. The normalized spacial score (nSPS) is 12.2. The first-order valence-electron chi connectivity index (χ1n) is 7.89. The molecule has 0 atom stereocenters. The Labute approximate surface area is 133 Å². The van der Waals surface area contributed by atoms with Crippen LogP contribution < -0.4 is 0 Å². The number of aliphatic carboxylic acids is 2. The maximum absolute atomic E-state index is 11.8. The zero-order valence-electron chi connectivity index (χ0n) is 14.3. The number of carbonyl (C=O) groups is 3. The zero-order chi connectivity index (χ0) is 17.4. The molecule has 0 bridgehead atoms. The molecule has 0 amide bonds. The van der Waals surface area contributed by atoms with Crippen LogP contribution in [-0.4, -0.2) is 27.9 Å². The van der Waals surface area contributed by atoms with Crippen LogP contribution in [0.15, 0.2) is 0 Å². The standard InChI is InChI=1S/C17H30O5/c1-16(2,11-14(19)20)9-5-7-13(18)8-6-10-17(3,4)12-15(21)22/h5-12H2,1-4H3,(H,19,20)(H,21,22). The molecule has 2 N–H and O–H groups in total. The molecule has 5 heteroatoms. The lowest BCUT2D eigenvalue weighted by atomic mass is 9.82. The number of carboxylic acid groups (broad SMARTS) is 2. The first-order valence-corrected chi connectivity index (χ1v) is 7.89. The van der Waals surface area contributed by atoms with Crippen molar-refractivity contribution in [2.24, 2.45) is 10.8 Å². The van der Waals surface area contributed by atoms with Crippen molar-refractivity contribution in [3.05, 3.63) is 0 Å². The van der Waals surface area contributed by atoms with Crippen LogP contribution in [0.4, 0.5) is 0 Å². The Morgan fingerprint density at radius 1 is 0.727 bits per heavy atom. The summed E-state index contributed by atoms with van der Waals surface area (Å²) in [6, 6.07) is 0. The molecule has 0 aromatic heterocycles. The molecule has 0 fully saturated rings. The van der Waals surface area contributed by atoms with Gasteiger partial charge in [-0.25, -0.2) is 0 Å². The first-order chi connectivity index (χ1) is 9.93. The van der Waals surface area contributed by atoms with Gasteiger partial charge in [-0.15, -0.1) is 0 Å². The molecule has 0 saturated carbocycles. The fourth-order valence-corrected chi connectivity index (χ4v) is 2.65. The van der Waals surface area contributed by atoms with E-state index in [0.717, 1.165) is 12.8 Å². The summed E-state index contributed by atoms with van der Waals surface area (Å²) in [6.07, 6.45) is 4.03. The molecule has 0 rings (SSSR count). The Bertz CT molecular complexity index is 360. The summed E-state index contributed by atoms with van der Waals surface area (Å²) >= 11 is 0. The van der Waals surface area contributed by atoms with Crippen LogP contribution in [0.3, 0.4) is 0 Å². The average Bonchev–Trinajstić information content (AvgIpc) is 2.23. The number of carboxylic acids is 2. The van der Waals surface area contributed by atoms with Gasteiger partial charge in [0, 0.05) is 12.8 Å². The molecule has 22 heavy (non-hydrogen) atoms. The van der Waals surface area contributed by atoms with E-state index in [-0.39, 0.29) is 29.5 Å². The van der Waals surface area contributed by atoms with E-state index in [2.05, 4.69) is 0 Å². The van der Waals surface area contributed by atoms with Gasteiger partial charge in [0.25, 0.3) is 0 Å². The number of rotatable bonds is 12. The topological polar surface area (TPSA) is 91.7 Å². The third-order valence-electron chi connectivity index (χ3n) is 3.88. The molecule has 0 unspecified atom stereocenters. The van der Waals surface area contributed by atoms with E-state index in [1.54, 1.807) is 0 Å². The minimum absolute atomic E-state index is 0.116. The highest BCUT2D eigenvalue weighted by Crippen LogP contribution is 2.29. The van der Waals surface area contributed by atoms with Crippen LogP contribution in [0, 0.1) is 10.8 Å². The Morgan fingerprint density at radius 3 is 1.32 bits per heavy atom. The zero-order valence-corrected chi connectivity index (χ0v) is 14.3. The van der Waals surface area contributed by atoms with E-state index >= 15 is 0 Å². The average molecular weight is 314 g/mol. The van der Waals surface area contributed by atoms with Gasteiger partial charge in [0.15, 0.2) is 0 Å². The third kappa shape index (κ3) is 11.3. The van der Waals surface area contributed by atoms with Gasteiger partial charge >= 0.3 is 11.9 Å². The quantitative estimate of drug-likeness (QED) is 0.570. The third-order valence-corrected chi connectivity index (χ3v) is 3.88. The molecule has 0 aliphatic rings. The van der Waals surface area contributed by atoms with Gasteiger partial charge in [-0.3, -0.25) is 14.4 Å². The van der Waals surface area contributed by atoms with Crippen LogP contribution in [0.1, 0.15) is 79.1 Å². The fourth-order valence-electron chi connectivity index (χ4n) is 2.65. The van der Waals surface area contributed by atoms with E-state index in [9.17, 15) is 14.4 Å². The minimum Gasteiger partial charge on any atom is -0.481 e. The predicted molar refractivity (Wildman–Crippen MR) is 84.8 cm³/mol. The first kappa shape index (κ1) is 20.6. The van der Waals surface area contributed by atoms with Crippen molar-refractivity contribution in [2.75, 3.05) is 0 Å². The molecule has 0 saturated heterocycles. The van der Waals surface area contributed by atoms with Crippen molar-refractivity contribution in [1.29, 1.82) is 0 Å². The van der Waals surface area contributed by atoms with E-state index < -0.39 is 11.9 Å². The van der Waals surface area contributed by atoms with Crippen molar-refractivity contribution in [1.82, 2.24) is 0 Å². The second-order valence-electron chi connectivity index (χ2n) is 7.72. The van der Waals surface area contributed by atoms with Gasteiger partial charge in [-0.2, -0.15) is 0 Å². The van der Waals surface area contributed by atoms with Gasteiger partial charge in [0.2, 0.25) is 0 Å². The highest BCUT2D eigenvalue weighted by molar-refractivity contribution is 5.78. The molecule has 0 radical (unpaired) electrons. The molecule has 0 spiro atoms. The molecule has 5 nitrogen and oxygen atoms in total. The summed E-state index contributed by atoms with van der Waals surface area (Å²) in [6.45, 7) is 7.61. The van der Waals surface area contributed by atoms with Crippen LogP contribution in [0.2, 0.25) is 0 Å². The number of Topliss-reactive ketones (excluding diaryl/α,β-unsaturated/α-hetero) is 1. The molecular weight excluding hydrogens is 284 g/mol. The molecule has 0 aliphatic carbocycles. The summed E-state index contributed by atoms with van der Waals surface area (Å²) in [5.74, 6) is -1.44. The maximum Gasteiger partial charge on any atom is 0.303 e. The van der Waals surface area contributed by atoms with E-state index in [1.807, 2.05) is 27.7 Å². The maximum atomic E-state index is 11.8. The van der Waals surface area contributed by atoms with Crippen molar-refractivity contribution in [3.8, 4) is 0 Å². The summed E-state index contributed by atoms with van der Waals surface area (Å²) in [5.41, 5.74) is -0.564. The van der Waals surface area contributed by atoms with E-state index in [1.165, 1.54) is 0 Å². The Balaban J connectivity index is 3.92. The summed E-state index contributed by atoms with van der Waals surface area (Å²) in [4.78, 5) is 33.3. The van der Waals surface area contributed by atoms with Crippen LogP contribution in [-0.2, 0) is 14.4 Å². The lowest BCUT2D eigenvalue weighted by Gasteiger charge is -2.22. The van der Waals surface area contributed by atoms with Gasteiger partial charge < -0.3 is 10.2 Å². The summed E-state index contributed by atoms with van der Waals surface area (Å²) in [7, 11) is 0. The molecule has 0 heterocycles. The smallest absolute Gasteiger partial charge is 0.303 e. The SMILES string of the molecule is CC(C)(CCCC(=O)CCCC(C)(C)CC(=O)O)CC(=O)O. The second kappa shape index (κ2) is 8.91. The van der Waals surface area contributed by atoms with Gasteiger partial charge in [-0.1, -0.05) is 27.7 Å². The van der Waals surface area contributed by atoms with Crippen LogP contribution in [0.25, 0.3) is 0 Å². The fraction of sp³-hybridized carbons (Fsp3) is 0.824. The van der Waals surface area contributed by atoms with Crippen LogP contribution in [0.5, 0.6) is 0 Å². The van der Waals surface area contributed by atoms with E-state index in [4.69, 9.17) is 10.2 Å². The Morgan fingerprint density at radius 2 is 1.05 bits per heavy atom. The Kier molecular flexibility index (Phi) is 8.35. The van der Waals surface area contributed by atoms with Crippen molar-refractivity contribution >= 4 is 17.7 Å². The summed E-state index contributed by atoms with van der Waals surface area (Å²) < 4.78 is 0. The molecule has 0 aromatic carbocycles. The predicted octanol–water partition coefficient (Wildman–Crippen LogP) is 3.90. The van der Waals surface area contributed by atoms with Gasteiger partial charge in [0.05, 0.1) is 12.8 Å². The highest BCUT2D eigenvalue weighted by atomic mass is 16.4. The molecule has 128 valence electrons. The summed E-state index contributed by atoms with van der Waals surface area (Å²) in [5, 5.41) is 17.6. The second-order valence-corrected chi connectivity index (χ2v) is 7.72. The van der Waals surface area contributed by atoms with Crippen molar-refractivity contribution in [2.45, 2.75) is 79.1 Å². The highest BCUT2D eigenvalue weighted by Gasteiger charge is 2.23. The number of hydrogen-bond acceptors (Lipinski definition) is 3. The number of ketones is 1. The number of hydrogen-bond donors (Lipinski definition) is 2. The van der Waals surface area contributed by atoms with Crippen LogP contribution >= 0.6 is 0 Å². The lowest BCUT2D eigenvalue weighted by molar-refractivity contribution is -0.140. The van der Waals surface area contributed by atoms with Gasteiger partial charge in [-0.05, 0) is 36.5 Å². The van der Waals surface area contributed by atoms with E-state index in [0.29, 0.717) is 25.7 Å². The van der Waals surface area contributed by atoms with Gasteiger partial charge in [0.1, 0.15) is 5.78 Å². The van der Waals surface area contributed by atoms with Crippen molar-refractivity contribution < 1.29 is 24.6 Å². The Hall–Kier alpha value is -1.39. The molecule has 0 aromatic rings. The largest absolute Gasteiger partial charge is 0.481 e. The monoisotopic (exact) mass is 314 g/mol. The van der Waals surface area contributed by atoms with Crippen molar-refractivity contribution in [3.63, 3.8) is 0 Å².